The van der Waals surface area contributed by atoms with Gasteiger partial charge in [-0.25, -0.2) is 0 Å². The lowest BCUT2D eigenvalue weighted by atomic mass is 9.94. The molecule has 0 aliphatic heterocycles. The number of carbonyl (C=O) groups excluding carboxylic acids is 2. The zero-order chi connectivity index (χ0) is 16.6. The quantitative estimate of drug-likeness (QED) is 0.760. The van der Waals surface area contributed by atoms with Gasteiger partial charge in [-0.15, -0.1) is 6.42 Å². The summed E-state index contributed by atoms with van der Waals surface area (Å²) in [6.45, 7) is 6.11. The van der Waals surface area contributed by atoms with Gasteiger partial charge in [0, 0.05) is 18.5 Å². The van der Waals surface area contributed by atoms with Crippen LogP contribution in [-0.2, 0) is 4.79 Å². The number of benzene rings is 1. The molecule has 1 aromatic rings. The number of nitrogens with one attached hydrogen (secondary N) is 2. The summed E-state index contributed by atoms with van der Waals surface area (Å²) in [6.07, 6.45) is 7.08. The van der Waals surface area contributed by atoms with Gasteiger partial charge < -0.3 is 10.6 Å². The molecular formula is C18H24N2O2. The smallest absolute Gasteiger partial charge is 0.251 e. The molecule has 1 rings (SSSR count). The highest BCUT2D eigenvalue weighted by atomic mass is 16.2. The van der Waals surface area contributed by atoms with Crippen molar-refractivity contribution in [2.45, 2.75) is 45.6 Å². The second-order valence-corrected chi connectivity index (χ2v) is 5.36. The van der Waals surface area contributed by atoms with Gasteiger partial charge in [0.25, 0.3) is 5.91 Å². The normalized spacial score (nSPS) is 10.6. The second-order valence-electron chi connectivity index (χ2n) is 5.36. The molecule has 0 fully saturated rings. The van der Waals surface area contributed by atoms with Gasteiger partial charge in [-0.1, -0.05) is 37.5 Å². The van der Waals surface area contributed by atoms with E-state index in [9.17, 15) is 9.59 Å². The fourth-order valence-corrected chi connectivity index (χ4v) is 2.17. The Balaban J connectivity index is 2.46. The first-order chi connectivity index (χ1) is 10.5. The Morgan fingerprint density at radius 2 is 1.95 bits per heavy atom. The molecule has 2 N–H and O–H groups in total. The number of carbonyl (C=O) groups is 2. The van der Waals surface area contributed by atoms with Gasteiger partial charge in [0.1, 0.15) is 5.54 Å². The summed E-state index contributed by atoms with van der Waals surface area (Å²) in [7, 11) is 0. The largest absolute Gasteiger partial charge is 0.352 e. The summed E-state index contributed by atoms with van der Waals surface area (Å²) in [6, 6.07) is 7.33. The molecule has 0 aliphatic rings. The van der Waals surface area contributed by atoms with Crippen molar-refractivity contribution in [2.24, 2.45) is 0 Å². The van der Waals surface area contributed by atoms with Crippen molar-refractivity contribution in [1.82, 2.24) is 10.6 Å². The molecule has 1 aromatic carbocycles. The van der Waals surface area contributed by atoms with Crippen LogP contribution in [0.4, 0.5) is 0 Å². The van der Waals surface area contributed by atoms with Crippen LogP contribution >= 0.6 is 0 Å². The first-order valence-corrected chi connectivity index (χ1v) is 7.60. The third-order valence-electron chi connectivity index (χ3n) is 3.78. The standard InChI is InChI=1S/C18H24N2O2/c1-5-18(6-2,7-3)20-16(21)11-12-19-17(22)15-10-8-9-14(4)13-15/h1,8-10,13H,6-7,11-12H2,2-4H3,(H,19,22)(H,20,21). The van der Waals surface area contributed by atoms with E-state index in [1.165, 1.54) is 0 Å². The number of aryl methyl sites for hydroxylation is 1. The maximum Gasteiger partial charge on any atom is 0.251 e. The molecule has 0 aromatic heterocycles. The predicted molar refractivity (Wildman–Crippen MR) is 88.4 cm³/mol. The molecule has 118 valence electrons. The lowest BCUT2D eigenvalue weighted by Crippen LogP contribution is -2.47. The predicted octanol–water partition coefficient (Wildman–Crippen LogP) is 2.42. The van der Waals surface area contributed by atoms with E-state index in [0.29, 0.717) is 18.4 Å². The molecule has 22 heavy (non-hydrogen) atoms. The summed E-state index contributed by atoms with van der Waals surface area (Å²) in [5, 5.41) is 5.62. The summed E-state index contributed by atoms with van der Waals surface area (Å²) in [5.74, 6) is 2.34. The first-order valence-electron chi connectivity index (χ1n) is 7.60. The van der Waals surface area contributed by atoms with Gasteiger partial charge in [-0.05, 0) is 31.9 Å². The van der Waals surface area contributed by atoms with Crippen LogP contribution in [0.3, 0.4) is 0 Å². The highest BCUT2D eigenvalue weighted by molar-refractivity contribution is 5.94. The molecular weight excluding hydrogens is 276 g/mol. The summed E-state index contributed by atoms with van der Waals surface area (Å²) >= 11 is 0. The van der Waals surface area contributed by atoms with Gasteiger partial charge in [0.2, 0.25) is 5.91 Å². The van der Waals surface area contributed by atoms with E-state index >= 15 is 0 Å². The van der Waals surface area contributed by atoms with Crippen LogP contribution in [-0.4, -0.2) is 23.9 Å². The molecule has 4 heteroatoms. The minimum atomic E-state index is -0.586. The minimum absolute atomic E-state index is 0.147. The monoisotopic (exact) mass is 300 g/mol. The van der Waals surface area contributed by atoms with Crippen LogP contribution in [0, 0.1) is 19.3 Å². The third-order valence-corrected chi connectivity index (χ3v) is 3.78. The molecule has 4 nitrogen and oxygen atoms in total. The second kappa shape index (κ2) is 8.23. The zero-order valence-corrected chi connectivity index (χ0v) is 13.5. The maximum absolute atomic E-state index is 12.0. The van der Waals surface area contributed by atoms with Crippen LogP contribution in [0.2, 0.25) is 0 Å². The van der Waals surface area contributed by atoms with E-state index < -0.39 is 5.54 Å². The number of amides is 2. The van der Waals surface area contributed by atoms with Crippen molar-refractivity contribution < 1.29 is 9.59 Å². The van der Waals surface area contributed by atoms with Crippen molar-refractivity contribution >= 4 is 11.8 Å². The van der Waals surface area contributed by atoms with Crippen LogP contribution in [0.15, 0.2) is 24.3 Å². The number of hydrogen-bond donors (Lipinski definition) is 2. The topological polar surface area (TPSA) is 58.2 Å². The Labute approximate surface area is 132 Å². The van der Waals surface area contributed by atoms with Crippen molar-refractivity contribution in [3.63, 3.8) is 0 Å². The lowest BCUT2D eigenvalue weighted by molar-refractivity contribution is -0.122. The van der Waals surface area contributed by atoms with Gasteiger partial charge in [-0.2, -0.15) is 0 Å². The van der Waals surface area contributed by atoms with E-state index in [-0.39, 0.29) is 24.8 Å². The Hall–Kier alpha value is -2.28. The van der Waals surface area contributed by atoms with E-state index in [4.69, 9.17) is 6.42 Å². The van der Waals surface area contributed by atoms with E-state index in [1.807, 2.05) is 39.0 Å². The Kier molecular flexibility index (Phi) is 6.65. The highest BCUT2D eigenvalue weighted by Crippen LogP contribution is 2.13. The molecule has 0 atom stereocenters. The Bertz CT molecular complexity index is 569. The molecule has 0 unspecified atom stereocenters. The average molecular weight is 300 g/mol. The highest BCUT2D eigenvalue weighted by Gasteiger charge is 2.24. The lowest BCUT2D eigenvalue weighted by Gasteiger charge is -2.27. The molecule has 2 amide bonds. The average Bonchev–Trinajstić information content (AvgIpc) is 2.52. The minimum Gasteiger partial charge on any atom is -0.352 e. The van der Waals surface area contributed by atoms with Gasteiger partial charge in [0.05, 0.1) is 0 Å². The van der Waals surface area contributed by atoms with Crippen molar-refractivity contribution in [3.8, 4) is 12.3 Å². The summed E-state index contributed by atoms with van der Waals surface area (Å²) in [5.41, 5.74) is 1.04. The summed E-state index contributed by atoms with van der Waals surface area (Å²) < 4.78 is 0. The number of rotatable bonds is 7. The van der Waals surface area contributed by atoms with Crippen molar-refractivity contribution in [3.05, 3.63) is 35.4 Å². The van der Waals surface area contributed by atoms with Gasteiger partial charge in [-0.3, -0.25) is 9.59 Å². The zero-order valence-electron chi connectivity index (χ0n) is 13.5. The molecule has 0 heterocycles. The van der Waals surface area contributed by atoms with Crippen molar-refractivity contribution in [2.75, 3.05) is 6.54 Å². The molecule has 0 saturated carbocycles. The number of terminal acetylenes is 1. The van der Waals surface area contributed by atoms with Gasteiger partial charge in [0.15, 0.2) is 0 Å². The van der Waals surface area contributed by atoms with E-state index in [0.717, 1.165) is 5.56 Å². The Morgan fingerprint density at radius 3 is 2.50 bits per heavy atom. The first kappa shape index (κ1) is 17.8. The van der Waals surface area contributed by atoms with E-state index in [1.54, 1.807) is 6.07 Å². The summed E-state index contributed by atoms with van der Waals surface area (Å²) in [4.78, 5) is 23.9. The van der Waals surface area contributed by atoms with Crippen LogP contribution < -0.4 is 10.6 Å². The maximum atomic E-state index is 12.0. The Morgan fingerprint density at radius 1 is 1.27 bits per heavy atom. The SMILES string of the molecule is C#CC(CC)(CC)NC(=O)CCNC(=O)c1cccc(C)c1. The fourth-order valence-electron chi connectivity index (χ4n) is 2.17. The third kappa shape index (κ3) is 4.92. The van der Waals surface area contributed by atoms with E-state index in [2.05, 4.69) is 16.6 Å². The number of hydrogen-bond acceptors (Lipinski definition) is 2. The van der Waals surface area contributed by atoms with Crippen LogP contribution in [0.1, 0.15) is 49.0 Å². The molecule has 0 radical (unpaired) electrons. The molecule has 0 spiro atoms. The van der Waals surface area contributed by atoms with Gasteiger partial charge >= 0.3 is 0 Å². The van der Waals surface area contributed by atoms with Crippen molar-refractivity contribution in [1.29, 1.82) is 0 Å². The van der Waals surface area contributed by atoms with Crippen LogP contribution in [0.25, 0.3) is 0 Å². The fraction of sp³-hybridized carbons (Fsp3) is 0.444. The molecule has 0 aliphatic carbocycles. The van der Waals surface area contributed by atoms with Crippen LogP contribution in [0.5, 0.6) is 0 Å². The molecule has 0 bridgehead atoms. The molecule has 0 saturated heterocycles.